The number of thiazole rings is 1. The average Bonchev–Trinajstić information content (AvgIpc) is 3.37. The van der Waals surface area contributed by atoms with Crippen LogP contribution in [0.3, 0.4) is 0 Å². The molecule has 128 valence electrons. The molecule has 2 nitrogen and oxygen atoms in total. The molecule has 6 heteroatoms. The van der Waals surface area contributed by atoms with Crippen molar-refractivity contribution in [2.75, 3.05) is 12.0 Å². The van der Waals surface area contributed by atoms with E-state index >= 15 is 0 Å². The lowest BCUT2D eigenvalue weighted by Crippen LogP contribution is -1.93. The molecule has 0 bridgehead atoms. The van der Waals surface area contributed by atoms with Crippen molar-refractivity contribution in [1.29, 1.82) is 0 Å². The molecule has 1 heterocycles. The topological polar surface area (TPSA) is 38.9 Å². The first-order valence-corrected chi connectivity index (χ1v) is 10.4. The molecular formula is C19H16ClFN2S2. The first-order valence-electron chi connectivity index (χ1n) is 7.97. The Labute approximate surface area is 159 Å². The predicted octanol–water partition coefficient (Wildman–Crippen LogP) is 6.45. The minimum absolute atomic E-state index is 0.237. The van der Waals surface area contributed by atoms with Crippen LogP contribution in [0.15, 0.2) is 41.3 Å². The molecule has 2 N–H and O–H groups in total. The van der Waals surface area contributed by atoms with Gasteiger partial charge in [0.25, 0.3) is 0 Å². The highest BCUT2D eigenvalue weighted by atomic mass is 35.5. The summed E-state index contributed by atoms with van der Waals surface area (Å²) >= 11 is 9.76. The molecule has 1 aliphatic carbocycles. The van der Waals surface area contributed by atoms with Gasteiger partial charge >= 0.3 is 0 Å². The molecule has 1 aromatic heterocycles. The summed E-state index contributed by atoms with van der Waals surface area (Å²) in [7, 11) is 0. The van der Waals surface area contributed by atoms with Crippen molar-refractivity contribution in [2.24, 2.45) is 0 Å². The van der Waals surface area contributed by atoms with Crippen LogP contribution in [0.4, 0.5) is 10.1 Å². The standard InChI is InChI=1S/C19H16ClFN2S2/c1-24-13-4-2-3-11(7-13)18-17(23-19(25-18)10-5-6-10)14-8-12(21)9-15(22)16(14)20/h2-4,7-10H,5-6,22H2,1H3. The smallest absolute Gasteiger partial charge is 0.126 e. The van der Waals surface area contributed by atoms with Crippen molar-refractivity contribution in [1.82, 2.24) is 4.98 Å². The lowest BCUT2D eigenvalue weighted by atomic mass is 10.1. The van der Waals surface area contributed by atoms with Crippen LogP contribution in [-0.2, 0) is 0 Å². The average molecular weight is 391 g/mol. The molecule has 1 aliphatic rings. The summed E-state index contributed by atoms with van der Waals surface area (Å²) in [5, 5.41) is 1.45. The van der Waals surface area contributed by atoms with Gasteiger partial charge in [-0.1, -0.05) is 23.7 Å². The first kappa shape index (κ1) is 16.9. The molecule has 0 unspecified atom stereocenters. The van der Waals surface area contributed by atoms with Gasteiger partial charge in [0.05, 0.1) is 26.3 Å². The molecule has 2 aromatic carbocycles. The van der Waals surface area contributed by atoms with Crippen molar-refractivity contribution in [2.45, 2.75) is 23.7 Å². The summed E-state index contributed by atoms with van der Waals surface area (Å²) in [5.74, 6) is 0.118. The van der Waals surface area contributed by atoms with Gasteiger partial charge in [0.1, 0.15) is 5.82 Å². The maximum Gasteiger partial charge on any atom is 0.126 e. The molecule has 0 saturated heterocycles. The molecule has 1 fully saturated rings. The number of aromatic nitrogens is 1. The van der Waals surface area contributed by atoms with Crippen LogP contribution in [-0.4, -0.2) is 11.2 Å². The molecular weight excluding hydrogens is 375 g/mol. The second kappa shape index (κ2) is 6.63. The summed E-state index contributed by atoms with van der Waals surface area (Å²) in [6.07, 6.45) is 4.37. The molecule has 0 amide bonds. The van der Waals surface area contributed by atoms with E-state index in [1.807, 2.05) is 12.3 Å². The fourth-order valence-electron chi connectivity index (χ4n) is 2.77. The van der Waals surface area contributed by atoms with E-state index in [0.717, 1.165) is 34.0 Å². The number of halogens is 2. The van der Waals surface area contributed by atoms with Gasteiger partial charge in [-0.2, -0.15) is 0 Å². The first-order chi connectivity index (χ1) is 12.1. The van der Waals surface area contributed by atoms with Gasteiger partial charge in [-0.05, 0) is 48.9 Å². The lowest BCUT2D eigenvalue weighted by molar-refractivity contribution is 0.629. The summed E-state index contributed by atoms with van der Waals surface area (Å²) in [4.78, 5) is 7.02. The minimum Gasteiger partial charge on any atom is -0.397 e. The number of nitrogens with zero attached hydrogens (tertiary/aromatic N) is 1. The quantitative estimate of drug-likeness (QED) is 0.411. The second-order valence-electron chi connectivity index (χ2n) is 6.09. The minimum atomic E-state index is -0.401. The largest absolute Gasteiger partial charge is 0.397 e. The van der Waals surface area contributed by atoms with Gasteiger partial charge in [-0.3, -0.25) is 0 Å². The molecule has 1 saturated carbocycles. The Morgan fingerprint density at radius 3 is 2.80 bits per heavy atom. The Morgan fingerprint density at radius 1 is 1.28 bits per heavy atom. The highest BCUT2D eigenvalue weighted by Gasteiger charge is 2.29. The zero-order valence-electron chi connectivity index (χ0n) is 13.6. The van der Waals surface area contributed by atoms with Crippen molar-refractivity contribution >= 4 is 40.4 Å². The van der Waals surface area contributed by atoms with Crippen LogP contribution >= 0.6 is 34.7 Å². The van der Waals surface area contributed by atoms with Gasteiger partial charge in [-0.25, -0.2) is 9.37 Å². The highest BCUT2D eigenvalue weighted by molar-refractivity contribution is 7.98. The van der Waals surface area contributed by atoms with Crippen molar-refractivity contribution < 1.29 is 4.39 Å². The molecule has 25 heavy (non-hydrogen) atoms. The number of benzene rings is 2. The number of nitrogen functional groups attached to an aromatic ring is 1. The maximum absolute atomic E-state index is 14.0. The molecule has 0 atom stereocenters. The normalized spacial score (nSPS) is 14.0. The fourth-order valence-corrected chi connectivity index (χ4v) is 4.67. The number of hydrogen-bond acceptors (Lipinski definition) is 4. The van der Waals surface area contributed by atoms with Crippen LogP contribution in [0.25, 0.3) is 21.7 Å². The molecule has 0 aliphatic heterocycles. The van der Waals surface area contributed by atoms with Crippen LogP contribution in [0.5, 0.6) is 0 Å². The summed E-state index contributed by atoms with van der Waals surface area (Å²) in [5.41, 5.74) is 8.47. The second-order valence-corrected chi connectivity index (χ2v) is 8.38. The van der Waals surface area contributed by atoms with Crippen LogP contribution in [0, 0.1) is 5.82 Å². The number of thioether (sulfide) groups is 1. The Balaban J connectivity index is 1.93. The van der Waals surface area contributed by atoms with E-state index in [0.29, 0.717) is 16.5 Å². The molecule has 4 rings (SSSR count). The third kappa shape index (κ3) is 3.28. The number of hydrogen-bond donors (Lipinski definition) is 1. The third-order valence-electron chi connectivity index (χ3n) is 4.22. The van der Waals surface area contributed by atoms with E-state index < -0.39 is 5.82 Å². The zero-order valence-corrected chi connectivity index (χ0v) is 15.9. The monoisotopic (exact) mass is 390 g/mol. The number of anilines is 1. The lowest BCUT2D eigenvalue weighted by Gasteiger charge is -2.08. The van der Waals surface area contributed by atoms with E-state index in [9.17, 15) is 4.39 Å². The zero-order chi connectivity index (χ0) is 17.6. The van der Waals surface area contributed by atoms with Crippen LogP contribution in [0.2, 0.25) is 5.02 Å². The number of rotatable bonds is 4. The summed E-state index contributed by atoms with van der Waals surface area (Å²) < 4.78 is 14.0. The van der Waals surface area contributed by atoms with E-state index in [1.165, 1.54) is 17.0 Å². The SMILES string of the molecule is CSc1cccc(-c2sc(C3CC3)nc2-c2cc(F)cc(N)c2Cl)c1. The third-order valence-corrected chi connectivity index (χ3v) is 6.64. The molecule has 0 spiro atoms. The maximum atomic E-state index is 14.0. The van der Waals surface area contributed by atoms with Gasteiger partial charge in [0.2, 0.25) is 0 Å². The van der Waals surface area contributed by atoms with Gasteiger partial charge in [-0.15, -0.1) is 23.1 Å². The van der Waals surface area contributed by atoms with E-state index in [1.54, 1.807) is 23.1 Å². The van der Waals surface area contributed by atoms with Crippen LogP contribution < -0.4 is 5.73 Å². The van der Waals surface area contributed by atoms with Gasteiger partial charge < -0.3 is 5.73 Å². The van der Waals surface area contributed by atoms with Crippen molar-refractivity contribution in [3.8, 4) is 21.7 Å². The van der Waals surface area contributed by atoms with Gasteiger partial charge in [0.15, 0.2) is 0 Å². The molecule has 0 radical (unpaired) electrons. The highest BCUT2D eigenvalue weighted by Crippen LogP contribution is 2.48. The van der Waals surface area contributed by atoms with E-state index in [2.05, 4.69) is 18.2 Å². The Hall–Kier alpha value is -1.56. The number of nitrogens with two attached hydrogens (primary N) is 1. The van der Waals surface area contributed by atoms with E-state index in [4.69, 9.17) is 22.3 Å². The summed E-state index contributed by atoms with van der Waals surface area (Å²) in [6, 6.07) is 11.0. The van der Waals surface area contributed by atoms with E-state index in [-0.39, 0.29) is 5.69 Å². The fraction of sp³-hybridized carbons (Fsp3) is 0.211. The predicted molar refractivity (Wildman–Crippen MR) is 106 cm³/mol. The van der Waals surface area contributed by atoms with Crippen LogP contribution in [0.1, 0.15) is 23.8 Å². The van der Waals surface area contributed by atoms with Crippen molar-refractivity contribution in [3.05, 3.63) is 52.2 Å². The Bertz CT molecular complexity index is 951. The Kier molecular flexibility index (Phi) is 4.48. The van der Waals surface area contributed by atoms with Gasteiger partial charge in [0, 0.05) is 16.4 Å². The Morgan fingerprint density at radius 2 is 2.08 bits per heavy atom. The molecule has 3 aromatic rings. The van der Waals surface area contributed by atoms with Crippen molar-refractivity contribution in [3.63, 3.8) is 0 Å². The summed E-state index contributed by atoms with van der Waals surface area (Å²) in [6.45, 7) is 0.